The predicted octanol–water partition coefficient (Wildman–Crippen LogP) is 25.5. The third-order valence-corrected chi connectivity index (χ3v) is 16.9. The first-order valence-electron chi connectivity index (χ1n) is 37.0. The van der Waals surface area contributed by atoms with Gasteiger partial charge in [0.25, 0.3) is 0 Å². The molecule has 0 aliphatic rings. The molecule has 0 radical (unpaired) electrons. The van der Waals surface area contributed by atoms with Crippen molar-refractivity contribution in [3.8, 4) is 0 Å². The van der Waals surface area contributed by atoms with Crippen molar-refractivity contribution in [1.82, 2.24) is 0 Å². The minimum atomic E-state index is -0.782. The summed E-state index contributed by atoms with van der Waals surface area (Å²) >= 11 is 0. The van der Waals surface area contributed by atoms with E-state index in [-0.39, 0.29) is 31.1 Å². The summed E-state index contributed by atoms with van der Waals surface area (Å²) in [7, 11) is 0. The Morgan fingerprint density at radius 2 is 0.476 bits per heavy atom. The highest BCUT2D eigenvalue weighted by molar-refractivity contribution is 5.71. The lowest BCUT2D eigenvalue weighted by Gasteiger charge is -2.18. The predicted molar refractivity (Wildman–Crippen MR) is 358 cm³/mol. The van der Waals surface area contributed by atoms with Gasteiger partial charge in [-0.3, -0.25) is 14.4 Å². The normalized spacial score (nSPS) is 12.2. The summed E-state index contributed by atoms with van der Waals surface area (Å²) in [6.07, 6.45) is 89.2. The van der Waals surface area contributed by atoms with Gasteiger partial charge < -0.3 is 14.2 Å². The summed E-state index contributed by atoms with van der Waals surface area (Å²) < 4.78 is 17.0. The molecule has 1 unspecified atom stereocenters. The van der Waals surface area contributed by atoms with Crippen LogP contribution in [0.5, 0.6) is 0 Å². The summed E-state index contributed by atoms with van der Waals surface area (Å²) in [6.45, 7) is 6.59. The highest BCUT2D eigenvalue weighted by atomic mass is 16.6. The molecule has 0 fully saturated rings. The van der Waals surface area contributed by atoms with Gasteiger partial charge in [0, 0.05) is 19.3 Å². The van der Waals surface area contributed by atoms with Crippen LogP contribution in [0.4, 0.5) is 0 Å². The van der Waals surface area contributed by atoms with Crippen LogP contribution in [-0.2, 0) is 28.6 Å². The smallest absolute Gasteiger partial charge is 0.306 e. The fourth-order valence-corrected chi connectivity index (χ4v) is 11.4. The second-order valence-corrected chi connectivity index (χ2v) is 25.2. The molecule has 0 amide bonds. The second kappa shape index (κ2) is 71.1. The zero-order valence-corrected chi connectivity index (χ0v) is 55.5. The summed E-state index contributed by atoms with van der Waals surface area (Å²) in [5.41, 5.74) is 0. The number of ether oxygens (including phenoxy) is 3. The Morgan fingerprint density at radius 3 is 0.744 bits per heavy atom. The van der Waals surface area contributed by atoms with Crippen LogP contribution in [0.25, 0.3) is 0 Å². The summed E-state index contributed by atoms with van der Waals surface area (Å²) in [6, 6.07) is 0. The van der Waals surface area contributed by atoms with Crippen LogP contribution in [0.3, 0.4) is 0 Å². The molecule has 482 valence electrons. The van der Waals surface area contributed by atoms with Gasteiger partial charge in [-0.2, -0.15) is 0 Å². The van der Waals surface area contributed by atoms with E-state index < -0.39 is 6.10 Å². The van der Waals surface area contributed by atoms with Gasteiger partial charge in [-0.25, -0.2) is 0 Å². The number of hydrogen-bond donors (Lipinski definition) is 0. The van der Waals surface area contributed by atoms with Crippen LogP contribution in [0, 0.1) is 0 Å². The Bertz CT molecular complexity index is 1370. The van der Waals surface area contributed by atoms with E-state index in [1.165, 1.54) is 289 Å². The SMILES string of the molecule is CC/C=C\C/C=C\C/C=C\CCCCCC(=O)OCC(COC(=O)CCCCCCCCCCCCCCCCCCCCCCCCCCCCCC)OC(=O)CCCCCCCCCCCCCCCCCCCCCCCCC. The van der Waals surface area contributed by atoms with Gasteiger partial charge in [0.15, 0.2) is 6.10 Å². The van der Waals surface area contributed by atoms with Gasteiger partial charge in [-0.05, 0) is 51.4 Å². The number of rotatable bonds is 69. The number of carbonyl (C=O) groups is 3. The molecule has 6 heteroatoms. The van der Waals surface area contributed by atoms with E-state index in [9.17, 15) is 14.4 Å². The van der Waals surface area contributed by atoms with Gasteiger partial charge in [0.05, 0.1) is 0 Å². The molecule has 0 aliphatic carbocycles. The fraction of sp³-hybridized carbons (Fsp3) is 0.882. The summed E-state index contributed by atoms with van der Waals surface area (Å²) in [5.74, 6) is -0.875. The molecule has 82 heavy (non-hydrogen) atoms. The fourth-order valence-electron chi connectivity index (χ4n) is 11.4. The molecule has 1 atom stereocenters. The molecular weight excluding hydrogens is 1010 g/mol. The van der Waals surface area contributed by atoms with Crippen molar-refractivity contribution in [1.29, 1.82) is 0 Å². The molecule has 0 heterocycles. The quantitative estimate of drug-likeness (QED) is 0.0261. The number of esters is 3. The van der Waals surface area contributed by atoms with Crippen molar-refractivity contribution < 1.29 is 28.6 Å². The molecule has 0 saturated heterocycles. The lowest BCUT2D eigenvalue weighted by atomic mass is 10.0. The first-order valence-corrected chi connectivity index (χ1v) is 37.0. The second-order valence-electron chi connectivity index (χ2n) is 25.2. The van der Waals surface area contributed by atoms with E-state index in [4.69, 9.17) is 14.2 Å². The maximum atomic E-state index is 13.0. The summed E-state index contributed by atoms with van der Waals surface area (Å²) in [4.78, 5) is 38.4. The Kier molecular flexibility index (Phi) is 69.1. The van der Waals surface area contributed by atoms with Gasteiger partial charge in [0.2, 0.25) is 0 Å². The lowest BCUT2D eigenvalue weighted by Crippen LogP contribution is -2.30. The van der Waals surface area contributed by atoms with E-state index in [2.05, 4.69) is 57.2 Å². The van der Waals surface area contributed by atoms with Crippen LogP contribution in [0.2, 0.25) is 0 Å². The molecule has 0 N–H and O–H groups in total. The molecule has 0 aromatic rings. The Balaban J connectivity index is 4.18. The zero-order chi connectivity index (χ0) is 59.2. The minimum absolute atomic E-state index is 0.0756. The van der Waals surface area contributed by atoms with E-state index in [0.29, 0.717) is 19.3 Å². The molecule has 0 aliphatic heterocycles. The van der Waals surface area contributed by atoms with E-state index in [0.717, 1.165) is 83.5 Å². The van der Waals surface area contributed by atoms with E-state index in [1.807, 2.05) is 0 Å². The lowest BCUT2D eigenvalue weighted by molar-refractivity contribution is -0.167. The third kappa shape index (κ3) is 68.4. The van der Waals surface area contributed by atoms with Crippen LogP contribution in [-0.4, -0.2) is 37.2 Å². The first-order chi connectivity index (χ1) is 40.5. The first kappa shape index (κ1) is 79.6. The molecule has 0 bridgehead atoms. The van der Waals surface area contributed by atoms with E-state index >= 15 is 0 Å². The molecule has 0 spiro atoms. The number of unbranched alkanes of at least 4 members (excludes halogenated alkanes) is 52. The van der Waals surface area contributed by atoms with Gasteiger partial charge in [0.1, 0.15) is 13.2 Å². The topological polar surface area (TPSA) is 78.9 Å². The molecule has 6 nitrogen and oxygen atoms in total. The van der Waals surface area contributed by atoms with Crippen molar-refractivity contribution in [2.75, 3.05) is 13.2 Å². The average Bonchev–Trinajstić information content (AvgIpc) is 3.47. The van der Waals surface area contributed by atoms with Crippen molar-refractivity contribution >= 4 is 17.9 Å². The molecule has 0 aromatic heterocycles. The van der Waals surface area contributed by atoms with E-state index in [1.54, 1.807) is 0 Å². The maximum Gasteiger partial charge on any atom is 0.306 e. The molecule has 0 aromatic carbocycles. The number of carbonyl (C=O) groups excluding carboxylic acids is 3. The Morgan fingerprint density at radius 1 is 0.256 bits per heavy atom. The van der Waals surface area contributed by atoms with Crippen LogP contribution in [0.15, 0.2) is 36.5 Å². The van der Waals surface area contributed by atoms with Crippen molar-refractivity contribution in [2.24, 2.45) is 0 Å². The Labute approximate surface area is 512 Å². The van der Waals surface area contributed by atoms with Gasteiger partial charge >= 0.3 is 17.9 Å². The zero-order valence-electron chi connectivity index (χ0n) is 55.5. The summed E-state index contributed by atoms with van der Waals surface area (Å²) in [5, 5.41) is 0. The third-order valence-electron chi connectivity index (χ3n) is 16.9. The number of hydrogen-bond acceptors (Lipinski definition) is 6. The van der Waals surface area contributed by atoms with Crippen LogP contribution < -0.4 is 0 Å². The minimum Gasteiger partial charge on any atom is -0.462 e. The maximum absolute atomic E-state index is 13.0. The van der Waals surface area contributed by atoms with Gasteiger partial charge in [-0.1, -0.05) is 378 Å². The molecule has 0 saturated carbocycles. The van der Waals surface area contributed by atoms with Crippen molar-refractivity contribution in [2.45, 2.75) is 419 Å². The highest BCUT2D eigenvalue weighted by Gasteiger charge is 2.19. The van der Waals surface area contributed by atoms with Gasteiger partial charge in [-0.15, -0.1) is 0 Å². The number of allylic oxidation sites excluding steroid dienone is 6. The average molecular weight is 1150 g/mol. The molecular formula is C76H142O6. The molecule has 0 rings (SSSR count). The highest BCUT2D eigenvalue weighted by Crippen LogP contribution is 2.19. The largest absolute Gasteiger partial charge is 0.462 e. The monoisotopic (exact) mass is 1150 g/mol. The Hall–Kier alpha value is -2.37. The standard InChI is InChI=1S/C76H142O6/c1-4-7-10-13-16-19-22-25-27-29-31-33-35-36-37-38-39-41-42-44-46-48-51-54-57-60-63-66-69-75(78)81-72-73(71-80-74(77)68-65-62-59-56-53-50-24-21-18-15-12-9-6-3)82-76(79)70-67-64-61-58-55-52-49-47-45-43-40-34-32-30-28-26-23-20-17-14-11-8-5-2/h9,12,18,21,50,53,73H,4-8,10-11,13-17,19-20,22-49,51-52,54-72H2,1-3H3/b12-9-,21-18-,53-50-. The van der Waals surface area contributed by atoms with Crippen LogP contribution in [0.1, 0.15) is 412 Å². The van der Waals surface area contributed by atoms with Crippen molar-refractivity contribution in [3.05, 3.63) is 36.5 Å². The van der Waals surface area contributed by atoms with Crippen molar-refractivity contribution in [3.63, 3.8) is 0 Å². The van der Waals surface area contributed by atoms with Crippen LogP contribution >= 0.6 is 0 Å².